The van der Waals surface area contributed by atoms with E-state index in [1.807, 2.05) is 40.6 Å². The fourth-order valence-corrected chi connectivity index (χ4v) is 3.25. The molecule has 0 radical (unpaired) electrons. The molecule has 1 aromatic carbocycles. The van der Waals surface area contributed by atoms with Crippen LogP contribution in [0.15, 0.2) is 24.3 Å². The van der Waals surface area contributed by atoms with Crippen LogP contribution >= 0.6 is 12.2 Å². The lowest BCUT2D eigenvalue weighted by Gasteiger charge is -2.19. The molecule has 1 aliphatic heterocycles. The number of methoxy groups -OCH3 is 1. The van der Waals surface area contributed by atoms with E-state index in [0.717, 1.165) is 41.7 Å². The minimum absolute atomic E-state index is 0.757. The van der Waals surface area contributed by atoms with E-state index in [1.54, 1.807) is 7.11 Å². The van der Waals surface area contributed by atoms with E-state index in [2.05, 4.69) is 4.90 Å². The van der Waals surface area contributed by atoms with Crippen LogP contribution in [0.2, 0.25) is 0 Å². The summed E-state index contributed by atoms with van der Waals surface area (Å²) < 4.78 is 9.98. The number of benzene rings is 1. The van der Waals surface area contributed by atoms with Gasteiger partial charge in [-0.05, 0) is 50.3 Å². The summed E-state index contributed by atoms with van der Waals surface area (Å²) in [6.45, 7) is 3.04. The van der Waals surface area contributed by atoms with Gasteiger partial charge < -0.3 is 9.30 Å². The normalized spacial score (nSPS) is 16.3. The smallest absolute Gasteiger partial charge is 0.199 e. The molecule has 0 spiro atoms. The van der Waals surface area contributed by atoms with E-state index in [0.29, 0.717) is 0 Å². The molecule has 1 fully saturated rings. The van der Waals surface area contributed by atoms with Crippen LogP contribution in [0.25, 0.3) is 11.4 Å². The summed E-state index contributed by atoms with van der Waals surface area (Å²) in [5, 5.41) is 4.76. The first kappa shape index (κ1) is 16.2. The number of hydrogen-bond acceptors (Lipinski definition) is 4. The van der Waals surface area contributed by atoms with Crippen molar-refractivity contribution in [2.45, 2.75) is 32.4 Å². The van der Waals surface area contributed by atoms with Crippen LogP contribution in [-0.2, 0) is 13.7 Å². The SMILES string of the molecule is COc1cccc(-c2nn(CN3CCCCCC3)c(=S)n2C)c1. The highest BCUT2D eigenvalue weighted by Crippen LogP contribution is 2.22. The number of hydrogen-bond donors (Lipinski definition) is 0. The van der Waals surface area contributed by atoms with Gasteiger partial charge in [-0.3, -0.25) is 4.90 Å². The van der Waals surface area contributed by atoms with Crippen molar-refractivity contribution >= 4 is 12.2 Å². The third kappa shape index (κ3) is 3.64. The van der Waals surface area contributed by atoms with Gasteiger partial charge in [0.25, 0.3) is 0 Å². The third-order valence-electron chi connectivity index (χ3n) is 4.40. The first-order valence-electron chi connectivity index (χ1n) is 8.19. The molecule has 124 valence electrons. The Morgan fingerprint density at radius 2 is 1.91 bits per heavy atom. The van der Waals surface area contributed by atoms with Crippen molar-refractivity contribution in [1.29, 1.82) is 0 Å². The predicted octanol–water partition coefficient (Wildman–Crippen LogP) is 3.46. The molecular formula is C17H24N4OS. The van der Waals surface area contributed by atoms with Crippen molar-refractivity contribution in [1.82, 2.24) is 19.2 Å². The molecule has 1 aliphatic rings. The maximum absolute atomic E-state index is 5.58. The summed E-state index contributed by atoms with van der Waals surface area (Å²) >= 11 is 5.58. The summed E-state index contributed by atoms with van der Waals surface area (Å²) in [4.78, 5) is 2.45. The molecule has 0 N–H and O–H groups in total. The molecule has 5 nitrogen and oxygen atoms in total. The maximum Gasteiger partial charge on any atom is 0.199 e. The molecular weight excluding hydrogens is 308 g/mol. The highest BCUT2D eigenvalue weighted by atomic mass is 32.1. The molecule has 2 heterocycles. The Balaban J connectivity index is 1.87. The Morgan fingerprint density at radius 3 is 2.61 bits per heavy atom. The van der Waals surface area contributed by atoms with Crippen molar-refractivity contribution in [2.24, 2.45) is 7.05 Å². The van der Waals surface area contributed by atoms with E-state index >= 15 is 0 Å². The number of rotatable bonds is 4. The largest absolute Gasteiger partial charge is 0.497 e. The Morgan fingerprint density at radius 1 is 1.17 bits per heavy atom. The molecule has 0 unspecified atom stereocenters. The second-order valence-corrected chi connectivity index (χ2v) is 6.44. The lowest BCUT2D eigenvalue weighted by atomic mass is 10.2. The monoisotopic (exact) mass is 332 g/mol. The predicted molar refractivity (Wildman–Crippen MR) is 94.1 cm³/mol. The van der Waals surface area contributed by atoms with E-state index in [9.17, 15) is 0 Å². The van der Waals surface area contributed by atoms with Crippen molar-refractivity contribution in [3.63, 3.8) is 0 Å². The fraction of sp³-hybridized carbons (Fsp3) is 0.529. The van der Waals surface area contributed by atoms with Gasteiger partial charge in [0.05, 0.1) is 13.8 Å². The van der Waals surface area contributed by atoms with Gasteiger partial charge in [-0.1, -0.05) is 25.0 Å². The van der Waals surface area contributed by atoms with Crippen LogP contribution in [0.5, 0.6) is 5.75 Å². The van der Waals surface area contributed by atoms with Gasteiger partial charge in [-0.15, -0.1) is 0 Å². The van der Waals surface area contributed by atoms with E-state index in [4.69, 9.17) is 22.1 Å². The minimum Gasteiger partial charge on any atom is -0.497 e. The van der Waals surface area contributed by atoms with Crippen molar-refractivity contribution in [2.75, 3.05) is 20.2 Å². The van der Waals surface area contributed by atoms with E-state index in [-0.39, 0.29) is 0 Å². The van der Waals surface area contributed by atoms with Gasteiger partial charge in [0.1, 0.15) is 5.75 Å². The van der Waals surface area contributed by atoms with Gasteiger partial charge in [-0.25, -0.2) is 4.68 Å². The van der Waals surface area contributed by atoms with Crippen molar-refractivity contribution in [3.05, 3.63) is 29.0 Å². The molecule has 1 aromatic heterocycles. The first-order chi connectivity index (χ1) is 11.2. The summed E-state index contributed by atoms with van der Waals surface area (Å²) in [5.74, 6) is 1.71. The Hall–Kier alpha value is -1.66. The Kier molecular flexibility index (Phi) is 5.13. The molecule has 0 bridgehead atoms. The van der Waals surface area contributed by atoms with Crippen molar-refractivity contribution < 1.29 is 4.74 Å². The van der Waals surface area contributed by atoms with Crippen LogP contribution in [-0.4, -0.2) is 39.4 Å². The van der Waals surface area contributed by atoms with Gasteiger partial charge in [-0.2, -0.15) is 5.10 Å². The fourth-order valence-electron chi connectivity index (χ4n) is 3.06. The van der Waals surface area contributed by atoms with E-state index in [1.165, 1.54) is 25.7 Å². The highest BCUT2D eigenvalue weighted by molar-refractivity contribution is 7.71. The number of likely N-dealkylation sites (tertiary alicyclic amines) is 1. The van der Waals surface area contributed by atoms with Crippen LogP contribution in [0.3, 0.4) is 0 Å². The van der Waals surface area contributed by atoms with E-state index < -0.39 is 0 Å². The van der Waals surface area contributed by atoms with Crippen LogP contribution in [0.1, 0.15) is 25.7 Å². The van der Waals surface area contributed by atoms with Gasteiger partial charge in [0.15, 0.2) is 10.6 Å². The average molecular weight is 332 g/mol. The van der Waals surface area contributed by atoms with Crippen LogP contribution in [0, 0.1) is 4.77 Å². The number of nitrogens with zero attached hydrogens (tertiary/aromatic N) is 4. The molecule has 23 heavy (non-hydrogen) atoms. The Labute approximate surface area is 142 Å². The molecule has 6 heteroatoms. The zero-order valence-electron chi connectivity index (χ0n) is 13.9. The minimum atomic E-state index is 0.757. The van der Waals surface area contributed by atoms with Gasteiger partial charge in [0.2, 0.25) is 0 Å². The molecule has 0 atom stereocenters. The molecule has 1 saturated heterocycles. The zero-order valence-corrected chi connectivity index (χ0v) is 14.7. The summed E-state index contributed by atoms with van der Waals surface area (Å²) in [7, 11) is 3.65. The summed E-state index contributed by atoms with van der Waals surface area (Å²) in [5.41, 5.74) is 1.02. The molecule has 0 aliphatic carbocycles. The molecule has 0 amide bonds. The molecule has 0 saturated carbocycles. The topological polar surface area (TPSA) is 35.2 Å². The van der Waals surface area contributed by atoms with Gasteiger partial charge >= 0.3 is 0 Å². The Bertz CT molecular complexity index is 714. The quantitative estimate of drug-likeness (QED) is 0.803. The van der Waals surface area contributed by atoms with Crippen LogP contribution < -0.4 is 4.74 Å². The second-order valence-electron chi connectivity index (χ2n) is 6.07. The lowest BCUT2D eigenvalue weighted by Crippen LogP contribution is -2.28. The molecule has 3 rings (SSSR count). The number of aromatic nitrogens is 3. The third-order valence-corrected chi connectivity index (χ3v) is 4.89. The second kappa shape index (κ2) is 7.27. The van der Waals surface area contributed by atoms with Crippen LogP contribution in [0.4, 0.5) is 0 Å². The van der Waals surface area contributed by atoms with Gasteiger partial charge in [0, 0.05) is 12.6 Å². The summed E-state index contributed by atoms with van der Waals surface area (Å²) in [6, 6.07) is 7.95. The number of ether oxygens (including phenoxy) is 1. The van der Waals surface area contributed by atoms with Crippen molar-refractivity contribution in [3.8, 4) is 17.1 Å². The zero-order chi connectivity index (χ0) is 16.2. The first-order valence-corrected chi connectivity index (χ1v) is 8.60. The lowest BCUT2D eigenvalue weighted by molar-refractivity contribution is 0.213. The highest BCUT2D eigenvalue weighted by Gasteiger charge is 2.14. The standard InChI is InChI=1S/C17H24N4OS/c1-19-16(14-8-7-9-15(12-14)22-2)18-21(17(19)23)13-20-10-5-3-4-6-11-20/h7-9,12H,3-6,10-11,13H2,1-2H3. The average Bonchev–Trinajstić information content (AvgIpc) is 2.77. The summed E-state index contributed by atoms with van der Waals surface area (Å²) in [6.07, 6.45) is 5.20. The maximum atomic E-state index is 5.58. The molecule has 2 aromatic rings.